The number of sulfone groups is 1. The van der Waals surface area contributed by atoms with Gasteiger partial charge < -0.3 is 10.6 Å². The number of likely N-dealkylation sites (tertiary alicyclic amines) is 1. The Bertz CT molecular complexity index is 639. The van der Waals surface area contributed by atoms with Crippen LogP contribution in [0.5, 0.6) is 0 Å². The van der Waals surface area contributed by atoms with Crippen molar-refractivity contribution in [2.24, 2.45) is 11.7 Å². The predicted octanol–water partition coefficient (Wildman–Crippen LogP) is 1.63. The van der Waals surface area contributed by atoms with Gasteiger partial charge in [-0.1, -0.05) is 12.1 Å². The number of benzene rings is 1. The summed E-state index contributed by atoms with van der Waals surface area (Å²) in [6.07, 6.45) is 1.74. The second kappa shape index (κ2) is 7.35. The molecule has 1 fully saturated rings. The van der Waals surface area contributed by atoms with E-state index in [1.54, 1.807) is 4.90 Å². The van der Waals surface area contributed by atoms with Crippen LogP contribution in [0.3, 0.4) is 0 Å². The summed E-state index contributed by atoms with van der Waals surface area (Å²) in [7, 11) is -4.45. The number of carbonyl (C=O) groups excluding carboxylic acids is 1. The molecule has 0 aromatic heterocycles. The van der Waals surface area contributed by atoms with E-state index in [4.69, 9.17) is 5.73 Å². The number of amides is 1. The fourth-order valence-corrected chi connectivity index (χ4v) is 3.38. The SMILES string of the molecule is NCC1CCN(C(=O)c2ccc(CS(=O)(=O)C(F)F)cc2)CC1. The number of hydrogen-bond acceptors (Lipinski definition) is 4. The van der Waals surface area contributed by atoms with Crippen LogP contribution in [0.1, 0.15) is 28.8 Å². The number of carbonyl (C=O) groups is 1. The second-order valence-corrected chi connectivity index (χ2v) is 7.71. The summed E-state index contributed by atoms with van der Waals surface area (Å²) >= 11 is 0. The third-order valence-corrected chi connectivity index (χ3v) is 5.35. The molecule has 0 saturated carbocycles. The first-order valence-electron chi connectivity index (χ1n) is 7.41. The molecule has 1 saturated heterocycles. The summed E-state index contributed by atoms with van der Waals surface area (Å²) in [5.74, 6) is -3.82. The van der Waals surface area contributed by atoms with Gasteiger partial charge in [-0.2, -0.15) is 8.78 Å². The van der Waals surface area contributed by atoms with Crippen molar-refractivity contribution < 1.29 is 22.0 Å². The first-order valence-corrected chi connectivity index (χ1v) is 9.13. The van der Waals surface area contributed by atoms with Crippen LogP contribution < -0.4 is 5.73 Å². The lowest BCUT2D eigenvalue weighted by molar-refractivity contribution is 0.0693. The van der Waals surface area contributed by atoms with Crippen molar-refractivity contribution >= 4 is 15.7 Å². The third kappa shape index (κ3) is 4.48. The van der Waals surface area contributed by atoms with E-state index in [0.29, 0.717) is 31.1 Å². The number of hydrogen-bond donors (Lipinski definition) is 1. The summed E-state index contributed by atoms with van der Waals surface area (Å²) in [4.78, 5) is 14.1. The lowest BCUT2D eigenvalue weighted by Crippen LogP contribution is -2.40. The highest BCUT2D eigenvalue weighted by atomic mass is 32.2. The average Bonchev–Trinajstić information content (AvgIpc) is 2.54. The van der Waals surface area contributed by atoms with E-state index in [-0.39, 0.29) is 11.5 Å². The molecule has 0 unspecified atom stereocenters. The number of halogens is 2. The van der Waals surface area contributed by atoms with Crippen molar-refractivity contribution in [3.8, 4) is 0 Å². The molecule has 8 heteroatoms. The Balaban J connectivity index is 2.01. The van der Waals surface area contributed by atoms with Crippen molar-refractivity contribution in [1.29, 1.82) is 0 Å². The largest absolute Gasteiger partial charge is 0.339 e. The molecule has 0 aliphatic carbocycles. The third-order valence-electron chi connectivity index (χ3n) is 4.08. The van der Waals surface area contributed by atoms with Gasteiger partial charge in [-0.3, -0.25) is 4.79 Å². The molecule has 1 aliphatic rings. The molecular formula is C15H20F2N2O3S. The normalized spacial score (nSPS) is 16.8. The lowest BCUT2D eigenvalue weighted by Gasteiger charge is -2.31. The molecular weight excluding hydrogens is 326 g/mol. The number of alkyl halides is 2. The summed E-state index contributed by atoms with van der Waals surface area (Å²) in [5.41, 5.74) is 6.28. The fourth-order valence-electron chi connectivity index (χ4n) is 2.59. The minimum atomic E-state index is -4.45. The van der Waals surface area contributed by atoms with Gasteiger partial charge in [-0.25, -0.2) is 8.42 Å². The van der Waals surface area contributed by atoms with Gasteiger partial charge in [0.15, 0.2) is 0 Å². The van der Waals surface area contributed by atoms with Crippen LogP contribution in [0, 0.1) is 5.92 Å². The van der Waals surface area contributed by atoms with E-state index >= 15 is 0 Å². The van der Waals surface area contributed by atoms with Gasteiger partial charge in [0, 0.05) is 18.7 Å². The molecule has 2 N–H and O–H groups in total. The average molecular weight is 346 g/mol. The first kappa shape index (κ1) is 17.8. The molecule has 2 rings (SSSR count). The van der Waals surface area contributed by atoms with Crippen LogP contribution >= 0.6 is 0 Å². The smallest absolute Gasteiger partial charge is 0.337 e. The zero-order valence-electron chi connectivity index (χ0n) is 12.6. The highest BCUT2D eigenvalue weighted by Crippen LogP contribution is 2.19. The minimum absolute atomic E-state index is 0.135. The van der Waals surface area contributed by atoms with Gasteiger partial charge >= 0.3 is 5.76 Å². The molecule has 1 heterocycles. The second-order valence-electron chi connectivity index (χ2n) is 5.74. The first-order chi connectivity index (χ1) is 10.8. The van der Waals surface area contributed by atoms with E-state index in [2.05, 4.69) is 0 Å². The molecule has 1 aliphatic heterocycles. The Hall–Kier alpha value is -1.54. The summed E-state index contributed by atoms with van der Waals surface area (Å²) in [6, 6.07) is 5.76. The van der Waals surface area contributed by atoms with E-state index in [9.17, 15) is 22.0 Å². The number of nitrogens with two attached hydrogens (primary N) is 1. The van der Waals surface area contributed by atoms with Gasteiger partial charge in [0.1, 0.15) is 0 Å². The fraction of sp³-hybridized carbons (Fsp3) is 0.533. The quantitative estimate of drug-likeness (QED) is 0.879. The molecule has 0 radical (unpaired) electrons. The van der Waals surface area contributed by atoms with Crippen LogP contribution in [0.4, 0.5) is 8.78 Å². The van der Waals surface area contributed by atoms with Crippen LogP contribution in [0.25, 0.3) is 0 Å². The van der Waals surface area contributed by atoms with Gasteiger partial charge in [-0.05, 0) is 43.0 Å². The van der Waals surface area contributed by atoms with E-state index < -0.39 is 21.3 Å². The number of piperidine rings is 1. The maximum atomic E-state index is 12.4. The molecule has 0 spiro atoms. The number of nitrogens with zero attached hydrogens (tertiary/aromatic N) is 1. The van der Waals surface area contributed by atoms with Gasteiger partial charge in [0.25, 0.3) is 5.91 Å². The Morgan fingerprint density at radius 2 is 1.78 bits per heavy atom. The van der Waals surface area contributed by atoms with Crippen LogP contribution in [-0.2, 0) is 15.6 Å². The molecule has 5 nitrogen and oxygen atoms in total. The molecule has 1 aromatic rings. The maximum absolute atomic E-state index is 12.4. The van der Waals surface area contributed by atoms with Crippen molar-refractivity contribution in [3.63, 3.8) is 0 Å². The zero-order valence-corrected chi connectivity index (χ0v) is 13.4. The molecule has 128 valence electrons. The van der Waals surface area contributed by atoms with Crippen LogP contribution in [-0.4, -0.2) is 44.6 Å². The molecule has 23 heavy (non-hydrogen) atoms. The molecule has 1 aromatic carbocycles. The highest BCUT2D eigenvalue weighted by molar-refractivity contribution is 7.90. The summed E-state index contributed by atoms with van der Waals surface area (Å²) < 4.78 is 47.1. The highest BCUT2D eigenvalue weighted by Gasteiger charge is 2.25. The van der Waals surface area contributed by atoms with Crippen LogP contribution in [0.15, 0.2) is 24.3 Å². The van der Waals surface area contributed by atoms with Crippen molar-refractivity contribution in [3.05, 3.63) is 35.4 Å². The molecule has 0 bridgehead atoms. The Kier molecular flexibility index (Phi) is 5.69. The van der Waals surface area contributed by atoms with Crippen molar-refractivity contribution in [1.82, 2.24) is 4.90 Å². The maximum Gasteiger partial charge on any atom is 0.337 e. The molecule has 0 atom stereocenters. The minimum Gasteiger partial charge on any atom is -0.339 e. The van der Waals surface area contributed by atoms with Crippen molar-refractivity contribution in [2.45, 2.75) is 24.4 Å². The van der Waals surface area contributed by atoms with E-state index in [0.717, 1.165) is 12.8 Å². The van der Waals surface area contributed by atoms with Crippen LogP contribution in [0.2, 0.25) is 0 Å². The van der Waals surface area contributed by atoms with Crippen molar-refractivity contribution in [2.75, 3.05) is 19.6 Å². The Morgan fingerprint density at radius 3 is 2.26 bits per heavy atom. The summed E-state index contributed by atoms with van der Waals surface area (Å²) in [5, 5.41) is 0. The standard InChI is InChI=1S/C15H20F2N2O3S/c16-15(17)23(21,22)10-12-1-3-13(4-2-12)14(20)19-7-5-11(9-18)6-8-19/h1-4,11,15H,5-10,18H2. The van der Waals surface area contributed by atoms with E-state index in [1.165, 1.54) is 24.3 Å². The Morgan fingerprint density at radius 1 is 1.22 bits per heavy atom. The van der Waals surface area contributed by atoms with Gasteiger partial charge in [0.05, 0.1) is 5.75 Å². The molecule has 1 amide bonds. The topological polar surface area (TPSA) is 80.5 Å². The van der Waals surface area contributed by atoms with Gasteiger partial charge in [0.2, 0.25) is 9.84 Å². The Labute approximate surface area is 134 Å². The number of rotatable bonds is 5. The summed E-state index contributed by atoms with van der Waals surface area (Å²) in [6.45, 7) is 1.90. The lowest BCUT2D eigenvalue weighted by atomic mass is 9.96. The zero-order chi connectivity index (χ0) is 17.0. The van der Waals surface area contributed by atoms with Gasteiger partial charge in [-0.15, -0.1) is 0 Å². The van der Waals surface area contributed by atoms with E-state index in [1.807, 2.05) is 0 Å². The predicted molar refractivity (Wildman–Crippen MR) is 82.8 cm³/mol. The monoisotopic (exact) mass is 346 g/mol.